The van der Waals surface area contributed by atoms with Gasteiger partial charge < -0.3 is 15.0 Å². The molecule has 1 aromatic rings. The second kappa shape index (κ2) is 6.27. The van der Waals surface area contributed by atoms with Gasteiger partial charge in [-0.3, -0.25) is 0 Å². The van der Waals surface area contributed by atoms with E-state index in [9.17, 15) is 4.79 Å². The van der Waals surface area contributed by atoms with Gasteiger partial charge in [0.1, 0.15) is 6.61 Å². The topological polar surface area (TPSA) is 41.6 Å². The number of hydrogen-bond donors (Lipinski definition) is 1. The third kappa shape index (κ3) is 2.96. The molecule has 1 unspecified atom stereocenters. The van der Waals surface area contributed by atoms with E-state index in [2.05, 4.69) is 35.6 Å². The monoisotopic (exact) mass is 274 g/mol. The Morgan fingerprint density at radius 2 is 2.10 bits per heavy atom. The van der Waals surface area contributed by atoms with E-state index in [1.165, 1.54) is 24.8 Å². The predicted molar refractivity (Wildman–Crippen MR) is 77.4 cm³/mol. The summed E-state index contributed by atoms with van der Waals surface area (Å²) in [6, 6.07) is 11.1. The summed E-state index contributed by atoms with van der Waals surface area (Å²) in [6.45, 7) is 2.81. The van der Waals surface area contributed by atoms with Crippen molar-refractivity contribution < 1.29 is 9.53 Å². The van der Waals surface area contributed by atoms with Crippen LogP contribution in [0.1, 0.15) is 30.9 Å². The van der Waals surface area contributed by atoms with Gasteiger partial charge >= 0.3 is 6.09 Å². The van der Waals surface area contributed by atoms with Gasteiger partial charge in [-0.15, -0.1) is 0 Å². The highest BCUT2D eigenvalue weighted by atomic mass is 16.6. The van der Waals surface area contributed by atoms with Crippen LogP contribution in [0.15, 0.2) is 30.3 Å². The molecule has 1 N–H and O–H groups in total. The number of cyclic esters (lactones) is 1. The SMILES string of the molecule is O=C1OCCN1CCNC(c1ccccc1)C1CCC1. The Morgan fingerprint density at radius 1 is 1.30 bits per heavy atom. The number of carbonyl (C=O) groups excluding carboxylic acids is 1. The summed E-state index contributed by atoms with van der Waals surface area (Å²) >= 11 is 0. The lowest BCUT2D eigenvalue weighted by atomic mass is 9.77. The molecule has 0 aromatic heterocycles. The van der Waals surface area contributed by atoms with Crippen LogP contribution in [0.5, 0.6) is 0 Å². The average Bonchev–Trinajstić information content (AvgIpc) is 2.82. The van der Waals surface area contributed by atoms with E-state index < -0.39 is 0 Å². The number of amides is 1. The van der Waals surface area contributed by atoms with Crippen LogP contribution < -0.4 is 5.32 Å². The molecule has 1 saturated heterocycles. The molecule has 2 aliphatic rings. The van der Waals surface area contributed by atoms with Crippen molar-refractivity contribution in [3.8, 4) is 0 Å². The molecular formula is C16H22N2O2. The first-order valence-electron chi connectivity index (χ1n) is 7.54. The Hall–Kier alpha value is -1.55. The number of nitrogens with one attached hydrogen (secondary N) is 1. The fraction of sp³-hybridized carbons (Fsp3) is 0.562. The molecule has 0 spiro atoms. The molecule has 3 rings (SSSR count). The van der Waals surface area contributed by atoms with Crippen molar-refractivity contribution in [3.05, 3.63) is 35.9 Å². The van der Waals surface area contributed by atoms with Crippen LogP contribution >= 0.6 is 0 Å². The first-order valence-corrected chi connectivity index (χ1v) is 7.54. The molecule has 4 nitrogen and oxygen atoms in total. The number of rotatable bonds is 6. The van der Waals surface area contributed by atoms with Gasteiger partial charge in [-0.2, -0.15) is 0 Å². The molecule has 1 heterocycles. The van der Waals surface area contributed by atoms with Gasteiger partial charge in [0.2, 0.25) is 0 Å². The van der Waals surface area contributed by atoms with Crippen LogP contribution in [0.3, 0.4) is 0 Å². The van der Waals surface area contributed by atoms with Gasteiger partial charge in [0, 0.05) is 19.1 Å². The smallest absolute Gasteiger partial charge is 0.409 e. The van der Waals surface area contributed by atoms with Gasteiger partial charge in [0.15, 0.2) is 0 Å². The lowest BCUT2D eigenvalue weighted by Gasteiger charge is -2.35. The number of hydrogen-bond acceptors (Lipinski definition) is 3. The summed E-state index contributed by atoms with van der Waals surface area (Å²) in [6.07, 6.45) is 3.77. The Kier molecular flexibility index (Phi) is 4.21. The standard InChI is InChI=1S/C16H22N2O2/c19-16-18(11-12-20-16)10-9-17-15(14-7-4-8-14)13-5-2-1-3-6-13/h1-3,5-6,14-15,17H,4,7-12H2. The molecule has 1 amide bonds. The predicted octanol–water partition coefficient (Wildman–Crippen LogP) is 2.57. The molecule has 1 aliphatic carbocycles. The number of carbonyl (C=O) groups is 1. The van der Waals surface area contributed by atoms with Crippen molar-refractivity contribution in [1.29, 1.82) is 0 Å². The van der Waals surface area contributed by atoms with Crippen molar-refractivity contribution in [3.63, 3.8) is 0 Å². The summed E-state index contributed by atoms with van der Waals surface area (Å²) in [5, 5.41) is 3.64. The fourth-order valence-corrected chi connectivity index (χ4v) is 2.97. The largest absolute Gasteiger partial charge is 0.448 e. The van der Waals surface area contributed by atoms with Crippen LogP contribution in [-0.2, 0) is 4.74 Å². The lowest BCUT2D eigenvalue weighted by Crippen LogP contribution is -2.38. The van der Waals surface area contributed by atoms with Crippen molar-refractivity contribution in [1.82, 2.24) is 10.2 Å². The first kappa shape index (κ1) is 13.4. The van der Waals surface area contributed by atoms with E-state index in [1.807, 2.05) is 0 Å². The summed E-state index contributed by atoms with van der Waals surface area (Å²) in [5.41, 5.74) is 1.36. The van der Waals surface area contributed by atoms with E-state index in [0.717, 1.165) is 25.6 Å². The number of benzene rings is 1. The molecular weight excluding hydrogens is 252 g/mol. The average molecular weight is 274 g/mol. The molecule has 1 saturated carbocycles. The highest BCUT2D eigenvalue weighted by Crippen LogP contribution is 2.37. The Labute approximate surface area is 120 Å². The number of ether oxygens (including phenoxy) is 1. The third-order valence-corrected chi connectivity index (χ3v) is 4.37. The maximum Gasteiger partial charge on any atom is 0.409 e. The van der Waals surface area contributed by atoms with Crippen molar-refractivity contribution in [2.75, 3.05) is 26.2 Å². The summed E-state index contributed by atoms with van der Waals surface area (Å²) in [7, 11) is 0. The Bertz CT molecular complexity index is 445. The zero-order valence-electron chi connectivity index (χ0n) is 11.8. The van der Waals surface area contributed by atoms with E-state index in [1.54, 1.807) is 4.90 Å². The molecule has 0 bridgehead atoms. The quantitative estimate of drug-likeness (QED) is 0.867. The second-order valence-electron chi connectivity index (χ2n) is 5.63. The van der Waals surface area contributed by atoms with Gasteiger partial charge in [0.25, 0.3) is 0 Å². The second-order valence-corrected chi connectivity index (χ2v) is 5.63. The molecule has 108 valence electrons. The van der Waals surface area contributed by atoms with Gasteiger partial charge in [-0.25, -0.2) is 4.79 Å². The van der Waals surface area contributed by atoms with Crippen LogP contribution in [0.4, 0.5) is 4.79 Å². The van der Waals surface area contributed by atoms with Crippen LogP contribution in [0.25, 0.3) is 0 Å². The first-order chi connectivity index (χ1) is 9.84. The zero-order valence-corrected chi connectivity index (χ0v) is 11.8. The van der Waals surface area contributed by atoms with E-state index in [4.69, 9.17) is 4.74 Å². The number of nitrogens with zero attached hydrogens (tertiary/aromatic N) is 1. The summed E-state index contributed by atoms with van der Waals surface area (Å²) < 4.78 is 4.95. The van der Waals surface area contributed by atoms with Crippen LogP contribution in [0, 0.1) is 5.92 Å². The van der Waals surface area contributed by atoms with Crippen LogP contribution in [-0.4, -0.2) is 37.2 Å². The van der Waals surface area contributed by atoms with E-state index >= 15 is 0 Å². The highest BCUT2D eigenvalue weighted by molar-refractivity contribution is 5.69. The van der Waals surface area contributed by atoms with E-state index in [-0.39, 0.29) is 6.09 Å². The Balaban J connectivity index is 1.55. The molecule has 2 fully saturated rings. The van der Waals surface area contributed by atoms with Gasteiger partial charge in [0.05, 0.1) is 6.54 Å². The summed E-state index contributed by atoms with van der Waals surface area (Å²) in [5.74, 6) is 0.739. The van der Waals surface area contributed by atoms with E-state index in [0.29, 0.717) is 12.6 Å². The lowest BCUT2D eigenvalue weighted by molar-refractivity contribution is 0.157. The maximum absolute atomic E-state index is 11.4. The van der Waals surface area contributed by atoms with Gasteiger partial charge in [-0.1, -0.05) is 36.8 Å². The molecule has 1 aliphatic heterocycles. The fourth-order valence-electron chi connectivity index (χ4n) is 2.97. The Morgan fingerprint density at radius 3 is 2.70 bits per heavy atom. The third-order valence-electron chi connectivity index (χ3n) is 4.37. The highest BCUT2D eigenvalue weighted by Gasteiger charge is 2.28. The molecule has 4 heteroatoms. The minimum absolute atomic E-state index is 0.174. The van der Waals surface area contributed by atoms with Crippen molar-refractivity contribution in [2.45, 2.75) is 25.3 Å². The van der Waals surface area contributed by atoms with Crippen molar-refractivity contribution in [2.24, 2.45) is 5.92 Å². The van der Waals surface area contributed by atoms with Crippen molar-refractivity contribution >= 4 is 6.09 Å². The summed E-state index contributed by atoms with van der Waals surface area (Å²) in [4.78, 5) is 13.2. The molecule has 0 radical (unpaired) electrons. The molecule has 1 aromatic carbocycles. The molecule has 1 atom stereocenters. The zero-order chi connectivity index (χ0) is 13.8. The minimum Gasteiger partial charge on any atom is -0.448 e. The molecule has 20 heavy (non-hydrogen) atoms. The maximum atomic E-state index is 11.4. The van der Waals surface area contributed by atoms with Gasteiger partial charge in [-0.05, 0) is 24.3 Å². The van der Waals surface area contributed by atoms with Crippen LogP contribution in [0.2, 0.25) is 0 Å². The minimum atomic E-state index is -0.174. The normalized spacial score (nSPS) is 20.6.